The lowest BCUT2D eigenvalue weighted by Crippen LogP contribution is -2.36. The number of aliphatic imine (C=N–C) groups is 1. The van der Waals surface area contributed by atoms with E-state index >= 15 is 0 Å². The van der Waals surface area contributed by atoms with Gasteiger partial charge in [-0.3, -0.25) is 4.99 Å². The predicted octanol–water partition coefficient (Wildman–Crippen LogP) is 3.59. The minimum Gasteiger partial charge on any atom is -0.497 e. The van der Waals surface area contributed by atoms with Gasteiger partial charge in [-0.2, -0.15) is 0 Å². The topological polar surface area (TPSA) is 64.1 Å². The number of hydrogen-bond acceptors (Lipinski definition) is 4. The third kappa shape index (κ3) is 7.66. The van der Waals surface area contributed by atoms with E-state index < -0.39 is 0 Å². The van der Waals surface area contributed by atoms with Gasteiger partial charge in [-0.05, 0) is 48.7 Å². The van der Waals surface area contributed by atoms with Crippen LogP contribution in [0.15, 0.2) is 41.4 Å². The summed E-state index contributed by atoms with van der Waals surface area (Å²) in [4.78, 5) is 4.32. The smallest absolute Gasteiger partial charge is 0.191 e. The van der Waals surface area contributed by atoms with Gasteiger partial charge in [0, 0.05) is 45.8 Å². The summed E-state index contributed by atoms with van der Waals surface area (Å²) >= 11 is 0. The van der Waals surface area contributed by atoms with E-state index in [4.69, 9.17) is 14.2 Å². The maximum Gasteiger partial charge on any atom is 0.191 e. The lowest BCUT2D eigenvalue weighted by Gasteiger charge is -2.16. The Kier molecular flexibility index (Phi) is 9.31. The summed E-state index contributed by atoms with van der Waals surface area (Å²) in [5, 5.41) is 6.71. The first-order valence-corrected chi connectivity index (χ1v) is 9.86. The summed E-state index contributed by atoms with van der Waals surface area (Å²) in [5.74, 6) is 2.49. The van der Waals surface area contributed by atoms with Crippen molar-refractivity contribution in [2.24, 2.45) is 4.99 Å². The molecular formula is C23H33N3O3. The van der Waals surface area contributed by atoms with Crippen molar-refractivity contribution in [3.63, 3.8) is 0 Å². The predicted molar refractivity (Wildman–Crippen MR) is 118 cm³/mol. The first-order chi connectivity index (χ1) is 14.0. The zero-order chi connectivity index (χ0) is 21.1. The molecule has 2 aromatic carbocycles. The van der Waals surface area contributed by atoms with Gasteiger partial charge in [0.15, 0.2) is 5.96 Å². The van der Waals surface area contributed by atoms with E-state index in [0.717, 1.165) is 35.0 Å². The average Bonchev–Trinajstić information content (AvgIpc) is 2.72. The van der Waals surface area contributed by atoms with Crippen molar-refractivity contribution in [3.05, 3.63) is 58.7 Å². The Morgan fingerprint density at radius 1 is 0.931 bits per heavy atom. The molecule has 0 aliphatic carbocycles. The van der Waals surface area contributed by atoms with Crippen molar-refractivity contribution in [1.29, 1.82) is 0 Å². The normalized spacial score (nSPS) is 11.3. The molecule has 0 aliphatic rings. The van der Waals surface area contributed by atoms with E-state index in [0.29, 0.717) is 26.3 Å². The Labute approximate surface area is 174 Å². The van der Waals surface area contributed by atoms with Crippen LogP contribution in [0.2, 0.25) is 0 Å². The molecule has 2 aromatic rings. The minimum absolute atomic E-state index is 0.622. The van der Waals surface area contributed by atoms with Crippen LogP contribution in [0.25, 0.3) is 0 Å². The molecule has 0 aromatic heterocycles. The van der Waals surface area contributed by atoms with Crippen molar-refractivity contribution in [1.82, 2.24) is 10.6 Å². The standard InChI is InChI=1S/C23H33N3O3/c1-17-7-8-20(22(13-17)29-10-6-9-27-4)16-26-23(24-3)25-15-19-11-18(2)12-21(14-19)28-5/h7-8,11-14H,6,9-10,15-16H2,1-5H3,(H2,24,25,26). The van der Waals surface area contributed by atoms with Gasteiger partial charge in [-0.1, -0.05) is 18.2 Å². The third-order valence-electron chi connectivity index (χ3n) is 4.45. The average molecular weight is 400 g/mol. The number of aryl methyl sites for hydroxylation is 2. The minimum atomic E-state index is 0.622. The molecule has 0 spiro atoms. The van der Waals surface area contributed by atoms with Crippen LogP contribution in [-0.2, 0) is 17.8 Å². The van der Waals surface area contributed by atoms with Crippen molar-refractivity contribution < 1.29 is 14.2 Å². The van der Waals surface area contributed by atoms with E-state index in [9.17, 15) is 0 Å². The number of benzene rings is 2. The largest absolute Gasteiger partial charge is 0.497 e. The lowest BCUT2D eigenvalue weighted by molar-refractivity contribution is 0.171. The Balaban J connectivity index is 1.94. The third-order valence-corrected chi connectivity index (χ3v) is 4.45. The highest BCUT2D eigenvalue weighted by molar-refractivity contribution is 5.79. The molecule has 6 heteroatoms. The van der Waals surface area contributed by atoms with Gasteiger partial charge < -0.3 is 24.8 Å². The molecule has 0 atom stereocenters. The number of guanidine groups is 1. The highest BCUT2D eigenvalue weighted by Crippen LogP contribution is 2.20. The fourth-order valence-corrected chi connectivity index (χ4v) is 2.96. The number of ether oxygens (including phenoxy) is 3. The van der Waals surface area contributed by atoms with E-state index in [1.54, 1.807) is 21.3 Å². The molecule has 0 radical (unpaired) electrons. The second-order valence-electron chi connectivity index (χ2n) is 6.94. The second kappa shape index (κ2) is 12.0. The maximum absolute atomic E-state index is 5.96. The molecule has 158 valence electrons. The van der Waals surface area contributed by atoms with Gasteiger partial charge in [-0.25, -0.2) is 0 Å². The Morgan fingerprint density at radius 2 is 1.72 bits per heavy atom. The van der Waals surface area contributed by atoms with E-state index in [-0.39, 0.29) is 0 Å². The molecule has 0 fully saturated rings. The lowest BCUT2D eigenvalue weighted by atomic mass is 10.1. The monoisotopic (exact) mass is 399 g/mol. The number of nitrogens with zero attached hydrogens (tertiary/aromatic N) is 1. The van der Waals surface area contributed by atoms with Crippen LogP contribution in [0.1, 0.15) is 28.7 Å². The number of hydrogen-bond donors (Lipinski definition) is 2. The Hall–Kier alpha value is -2.73. The second-order valence-corrected chi connectivity index (χ2v) is 6.94. The first-order valence-electron chi connectivity index (χ1n) is 9.86. The maximum atomic E-state index is 5.96. The molecule has 0 unspecified atom stereocenters. The Bertz CT molecular complexity index is 806. The highest BCUT2D eigenvalue weighted by atomic mass is 16.5. The summed E-state index contributed by atoms with van der Waals surface area (Å²) in [5.41, 5.74) is 4.57. The van der Waals surface area contributed by atoms with Crippen LogP contribution in [0.3, 0.4) is 0 Å². The summed E-state index contributed by atoms with van der Waals surface area (Å²) in [7, 11) is 5.15. The van der Waals surface area contributed by atoms with Gasteiger partial charge in [0.2, 0.25) is 0 Å². The zero-order valence-corrected chi connectivity index (χ0v) is 18.2. The van der Waals surface area contributed by atoms with Gasteiger partial charge in [0.25, 0.3) is 0 Å². The SMILES string of the molecule is CN=C(NCc1cc(C)cc(OC)c1)NCc1ccc(C)cc1OCCCOC. The molecule has 0 heterocycles. The summed E-state index contributed by atoms with van der Waals surface area (Å²) < 4.78 is 16.4. The highest BCUT2D eigenvalue weighted by Gasteiger charge is 2.07. The molecule has 0 saturated heterocycles. The molecule has 29 heavy (non-hydrogen) atoms. The van der Waals surface area contributed by atoms with Gasteiger partial charge >= 0.3 is 0 Å². The van der Waals surface area contributed by atoms with Crippen LogP contribution < -0.4 is 20.1 Å². The molecule has 0 aliphatic heterocycles. The van der Waals surface area contributed by atoms with E-state index in [2.05, 4.69) is 53.7 Å². The van der Waals surface area contributed by atoms with Crippen LogP contribution in [0.4, 0.5) is 0 Å². The molecule has 0 saturated carbocycles. The first kappa shape index (κ1) is 22.6. The Morgan fingerprint density at radius 3 is 2.45 bits per heavy atom. The molecule has 2 N–H and O–H groups in total. The summed E-state index contributed by atoms with van der Waals surface area (Å²) in [6.45, 7) is 6.73. The van der Waals surface area contributed by atoms with Crippen LogP contribution >= 0.6 is 0 Å². The molecule has 2 rings (SSSR count). The van der Waals surface area contributed by atoms with E-state index in [1.165, 1.54) is 11.1 Å². The van der Waals surface area contributed by atoms with Gasteiger partial charge in [-0.15, -0.1) is 0 Å². The van der Waals surface area contributed by atoms with Gasteiger partial charge in [0.1, 0.15) is 11.5 Å². The fourth-order valence-electron chi connectivity index (χ4n) is 2.96. The van der Waals surface area contributed by atoms with Crippen molar-refractivity contribution in [2.45, 2.75) is 33.4 Å². The number of nitrogens with one attached hydrogen (secondary N) is 2. The molecule has 0 amide bonds. The molecule has 0 bridgehead atoms. The van der Waals surface area contributed by atoms with Gasteiger partial charge in [0.05, 0.1) is 13.7 Å². The number of rotatable bonds is 10. The number of methoxy groups -OCH3 is 2. The molecular weight excluding hydrogens is 366 g/mol. The quantitative estimate of drug-likeness (QED) is 0.363. The van der Waals surface area contributed by atoms with Crippen molar-refractivity contribution >= 4 is 5.96 Å². The van der Waals surface area contributed by atoms with Crippen LogP contribution in [-0.4, -0.2) is 40.4 Å². The van der Waals surface area contributed by atoms with E-state index in [1.807, 2.05) is 12.1 Å². The fraction of sp³-hybridized carbons (Fsp3) is 0.435. The summed E-state index contributed by atoms with van der Waals surface area (Å²) in [6.07, 6.45) is 0.862. The summed E-state index contributed by atoms with van der Waals surface area (Å²) in [6, 6.07) is 12.4. The van der Waals surface area contributed by atoms with Crippen LogP contribution in [0.5, 0.6) is 11.5 Å². The molecule has 6 nitrogen and oxygen atoms in total. The van der Waals surface area contributed by atoms with Crippen LogP contribution in [0, 0.1) is 13.8 Å². The zero-order valence-electron chi connectivity index (χ0n) is 18.2. The van der Waals surface area contributed by atoms with Crippen molar-refractivity contribution in [3.8, 4) is 11.5 Å². The van der Waals surface area contributed by atoms with Crippen molar-refractivity contribution in [2.75, 3.05) is 34.5 Å².